The SMILES string of the molecule is CC1(CN)CCN(C(=O)c2ccccc2C(=O)c2ccccc2)C1.Cl. The molecular weight excluding hydrogens is 336 g/mol. The van der Waals surface area contributed by atoms with Gasteiger partial charge in [-0.2, -0.15) is 0 Å². The number of amides is 1. The molecule has 1 aliphatic heterocycles. The molecule has 0 spiro atoms. The predicted octanol–water partition coefficient (Wildman–Crippen LogP) is 3.15. The van der Waals surface area contributed by atoms with E-state index in [1.807, 2.05) is 23.1 Å². The van der Waals surface area contributed by atoms with Crippen molar-refractivity contribution in [3.8, 4) is 0 Å². The molecular formula is C20H23ClN2O2. The molecule has 0 aromatic heterocycles. The Morgan fingerprint density at radius 2 is 1.64 bits per heavy atom. The van der Waals surface area contributed by atoms with E-state index in [0.29, 0.717) is 36.3 Å². The van der Waals surface area contributed by atoms with Crippen molar-refractivity contribution in [1.29, 1.82) is 0 Å². The minimum absolute atomic E-state index is 0. The molecule has 1 heterocycles. The minimum Gasteiger partial charge on any atom is -0.338 e. The second kappa shape index (κ2) is 7.81. The number of carbonyl (C=O) groups excluding carboxylic acids is 2. The highest BCUT2D eigenvalue weighted by atomic mass is 35.5. The molecule has 1 amide bonds. The summed E-state index contributed by atoms with van der Waals surface area (Å²) in [5, 5.41) is 0. The van der Waals surface area contributed by atoms with Crippen molar-refractivity contribution in [2.45, 2.75) is 13.3 Å². The van der Waals surface area contributed by atoms with Gasteiger partial charge in [-0.15, -0.1) is 12.4 Å². The lowest BCUT2D eigenvalue weighted by atomic mass is 9.90. The quantitative estimate of drug-likeness (QED) is 0.854. The maximum absolute atomic E-state index is 12.9. The molecule has 2 N–H and O–H groups in total. The summed E-state index contributed by atoms with van der Waals surface area (Å²) in [6.45, 7) is 3.97. The largest absolute Gasteiger partial charge is 0.338 e. The number of benzene rings is 2. The first-order valence-corrected chi connectivity index (χ1v) is 8.22. The van der Waals surface area contributed by atoms with E-state index in [-0.39, 0.29) is 29.5 Å². The first kappa shape index (κ1) is 19.2. The number of carbonyl (C=O) groups is 2. The summed E-state index contributed by atoms with van der Waals surface area (Å²) < 4.78 is 0. The van der Waals surface area contributed by atoms with Crippen molar-refractivity contribution >= 4 is 24.1 Å². The standard InChI is InChI=1S/C20H22N2O2.ClH/c1-20(13-21)11-12-22(14-20)19(24)17-10-6-5-9-16(17)18(23)15-7-3-2-4-8-15;/h2-10H,11-14,21H2,1H3;1H. The number of likely N-dealkylation sites (tertiary alicyclic amines) is 1. The smallest absolute Gasteiger partial charge is 0.254 e. The van der Waals surface area contributed by atoms with Gasteiger partial charge in [-0.25, -0.2) is 0 Å². The van der Waals surface area contributed by atoms with E-state index in [1.165, 1.54) is 0 Å². The molecule has 2 aromatic carbocycles. The number of ketones is 1. The van der Waals surface area contributed by atoms with Gasteiger partial charge in [-0.1, -0.05) is 55.5 Å². The average Bonchev–Trinajstić information content (AvgIpc) is 3.04. The Labute approximate surface area is 154 Å². The van der Waals surface area contributed by atoms with E-state index < -0.39 is 0 Å². The summed E-state index contributed by atoms with van der Waals surface area (Å²) >= 11 is 0. The Morgan fingerprint density at radius 3 is 2.24 bits per heavy atom. The fourth-order valence-electron chi connectivity index (χ4n) is 3.15. The van der Waals surface area contributed by atoms with Crippen LogP contribution in [0.5, 0.6) is 0 Å². The lowest BCUT2D eigenvalue weighted by Gasteiger charge is -2.23. The zero-order valence-electron chi connectivity index (χ0n) is 14.3. The van der Waals surface area contributed by atoms with Crippen LogP contribution in [0.4, 0.5) is 0 Å². The molecule has 0 bridgehead atoms. The second-order valence-electron chi connectivity index (χ2n) is 6.73. The van der Waals surface area contributed by atoms with E-state index in [4.69, 9.17) is 5.73 Å². The van der Waals surface area contributed by atoms with Crippen molar-refractivity contribution in [2.24, 2.45) is 11.1 Å². The first-order valence-electron chi connectivity index (χ1n) is 8.22. The van der Waals surface area contributed by atoms with E-state index in [0.717, 1.165) is 6.42 Å². The molecule has 3 rings (SSSR count). The summed E-state index contributed by atoms with van der Waals surface area (Å²) in [6, 6.07) is 16.1. The minimum atomic E-state index is -0.125. The van der Waals surface area contributed by atoms with Crippen LogP contribution in [0.2, 0.25) is 0 Å². The van der Waals surface area contributed by atoms with Gasteiger partial charge in [0, 0.05) is 24.2 Å². The predicted molar refractivity (Wildman–Crippen MR) is 101 cm³/mol. The van der Waals surface area contributed by atoms with Crippen LogP contribution >= 0.6 is 12.4 Å². The highest BCUT2D eigenvalue weighted by Gasteiger charge is 2.36. The molecule has 1 fully saturated rings. The fourth-order valence-corrected chi connectivity index (χ4v) is 3.15. The van der Waals surface area contributed by atoms with Gasteiger partial charge < -0.3 is 10.6 Å². The molecule has 1 atom stereocenters. The Morgan fingerprint density at radius 1 is 1.04 bits per heavy atom. The van der Waals surface area contributed by atoms with Crippen LogP contribution in [0.1, 0.15) is 39.6 Å². The molecule has 0 aliphatic carbocycles. The Bertz CT molecular complexity index is 763. The van der Waals surface area contributed by atoms with Crippen molar-refractivity contribution in [3.05, 3.63) is 71.3 Å². The number of hydrogen-bond acceptors (Lipinski definition) is 3. The normalized spacial score (nSPS) is 19.4. The van der Waals surface area contributed by atoms with Crippen molar-refractivity contribution in [1.82, 2.24) is 4.90 Å². The van der Waals surface area contributed by atoms with E-state index in [2.05, 4.69) is 6.92 Å². The van der Waals surface area contributed by atoms with Crippen LogP contribution in [0.15, 0.2) is 54.6 Å². The molecule has 1 aliphatic rings. The number of rotatable bonds is 4. The third-order valence-corrected chi connectivity index (χ3v) is 4.78. The summed E-state index contributed by atoms with van der Waals surface area (Å²) in [4.78, 5) is 27.5. The van der Waals surface area contributed by atoms with Crippen LogP contribution in [-0.2, 0) is 0 Å². The van der Waals surface area contributed by atoms with Gasteiger partial charge >= 0.3 is 0 Å². The molecule has 5 heteroatoms. The Kier molecular flexibility index (Phi) is 5.98. The molecule has 1 unspecified atom stereocenters. The monoisotopic (exact) mass is 358 g/mol. The van der Waals surface area contributed by atoms with Gasteiger partial charge in [-0.3, -0.25) is 9.59 Å². The topological polar surface area (TPSA) is 63.4 Å². The van der Waals surface area contributed by atoms with Crippen LogP contribution in [0.25, 0.3) is 0 Å². The highest BCUT2D eigenvalue weighted by molar-refractivity contribution is 6.15. The second-order valence-corrected chi connectivity index (χ2v) is 6.73. The molecule has 0 radical (unpaired) electrons. The van der Waals surface area contributed by atoms with E-state index >= 15 is 0 Å². The molecule has 25 heavy (non-hydrogen) atoms. The highest BCUT2D eigenvalue weighted by Crippen LogP contribution is 2.30. The van der Waals surface area contributed by atoms with Gasteiger partial charge in [0.15, 0.2) is 5.78 Å². The third-order valence-electron chi connectivity index (χ3n) is 4.78. The Hall–Kier alpha value is -2.17. The maximum Gasteiger partial charge on any atom is 0.254 e. The van der Waals surface area contributed by atoms with Crippen LogP contribution in [-0.4, -0.2) is 36.2 Å². The number of nitrogens with two attached hydrogens (primary N) is 1. The first-order chi connectivity index (χ1) is 11.5. The van der Waals surface area contributed by atoms with Crippen LogP contribution in [0, 0.1) is 5.41 Å². The van der Waals surface area contributed by atoms with E-state index in [1.54, 1.807) is 36.4 Å². The lowest BCUT2D eigenvalue weighted by Crippen LogP contribution is -2.35. The van der Waals surface area contributed by atoms with Crippen LogP contribution in [0.3, 0.4) is 0 Å². The Balaban J connectivity index is 0.00000225. The van der Waals surface area contributed by atoms with Crippen molar-refractivity contribution in [2.75, 3.05) is 19.6 Å². The summed E-state index contributed by atoms with van der Waals surface area (Å²) in [5.74, 6) is -0.215. The van der Waals surface area contributed by atoms with Gasteiger partial charge in [0.1, 0.15) is 0 Å². The molecule has 1 saturated heterocycles. The fraction of sp³-hybridized carbons (Fsp3) is 0.300. The summed E-state index contributed by atoms with van der Waals surface area (Å²) in [6.07, 6.45) is 0.893. The zero-order chi connectivity index (χ0) is 17.2. The number of halogens is 1. The van der Waals surface area contributed by atoms with Gasteiger partial charge in [0.05, 0.1) is 5.56 Å². The lowest BCUT2D eigenvalue weighted by molar-refractivity contribution is 0.0772. The van der Waals surface area contributed by atoms with Crippen LogP contribution < -0.4 is 5.73 Å². The van der Waals surface area contributed by atoms with Crippen molar-refractivity contribution in [3.63, 3.8) is 0 Å². The van der Waals surface area contributed by atoms with Gasteiger partial charge in [0.2, 0.25) is 0 Å². The van der Waals surface area contributed by atoms with Gasteiger partial charge in [-0.05, 0) is 24.4 Å². The average molecular weight is 359 g/mol. The zero-order valence-corrected chi connectivity index (χ0v) is 15.1. The number of hydrogen-bond donors (Lipinski definition) is 1. The maximum atomic E-state index is 12.9. The number of nitrogens with zero attached hydrogens (tertiary/aromatic N) is 1. The third kappa shape index (κ3) is 3.91. The van der Waals surface area contributed by atoms with E-state index in [9.17, 15) is 9.59 Å². The van der Waals surface area contributed by atoms with Gasteiger partial charge in [0.25, 0.3) is 5.91 Å². The van der Waals surface area contributed by atoms with Crippen molar-refractivity contribution < 1.29 is 9.59 Å². The molecule has 2 aromatic rings. The molecule has 4 nitrogen and oxygen atoms in total. The summed E-state index contributed by atoms with van der Waals surface area (Å²) in [5.41, 5.74) is 7.31. The molecule has 0 saturated carbocycles. The summed E-state index contributed by atoms with van der Waals surface area (Å²) in [7, 11) is 0. The molecule has 132 valence electrons.